The van der Waals surface area contributed by atoms with E-state index in [1.54, 1.807) is 25.2 Å². The maximum absolute atomic E-state index is 14.1. The van der Waals surface area contributed by atoms with E-state index < -0.39 is 23.8 Å². The molecule has 4 heterocycles. The number of fused-ring (bicyclic) bond motifs is 1. The van der Waals surface area contributed by atoms with Crippen LogP contribution in [0.25, 0.3) is 20.8 Å². The van der Waals surface area contributed by atoms with Gasteiger partial charge in [0.15, 0.2) is 0 Å². The van der Waals surface area contributed by atoms with Crippen LogP contribution in [-0.4, -0.2) is 65.5 Å². The number of likely N-dealkylation sites (N-methyl/N-ethyl adjacent to an activating group) is 1. The molecule has 1 aromatic carbocycles. The normalized spacial score (nSPS) is 23.5. The molecule has 33 heavy (non-hydrogen) atoms. The third-order valence-electron chi connectivity index (χ3n) is 5.41. The van der Waals surface area contributed by atoms with Crippen LogP contribution in [0.4, 0.5) is 28.0 Å². The zero-order chi connectivity index (χ0) is 23.3. The largest absolute Gasteiger partial charge is 0.446 e. The van der Waals surface area contributed by atoms with Crippen LogP contribution in [-0.2, 0) is 0 Å². The van der Waals surface area contributed by atoms with Gasteiger partial charge in [0.1, 0.15) is 12.2 Å². The fraction of sp³-hybridized carbons (Fsp3) is 0.421. The summed E-state index contributed by atoms with van der Waals surface area (Å²) in [7, 11) is 1.60. The second kappa shape index (κ2) is 8.33. The fourth-order valence-corrected chi connectivity index (χ4v) is 5.94. The number of carbonyl (C=O) groups is 1. The van der Waals surface area contributed by atoms with Gasteiger partial charge < -0.3 is 25.4 Å². The number of nitrogens with zero attached hydrogens (tertiary/aromatic N) is 3. The lowest BCUT2D eigenvalue weighted by Gasteiger charge is -2.16. The smallest absolute Gasteiger partial charge is 0.377 e. The van der Waals surface area contributed by atoms with Crippen LogP contribution >= 0.6 is 23.1 Å². The third kappa shape index (κ3) is 4.34. The Balaban J connectivity index is 1.55. The van der Waals surface area contributed by atoms with Gasteiger partial charge in [-0.2, -0.15) is 18.2 Å². The standard InChI is InChI=1S/C19H18F4N6O2S2/c1-29-7-12(26-18(29)30)17-27-16(28-31-17)15-14(33-19(21,22)23)8-3-2-4-10(13(8)32-15)25-11-6-24-5-9(11)20/h2-4,9,11-12,24-25H,5-7H2,1H3,(H,26,30)/t9-,11+,12-/m0/s1. The summed E-state index contributed by atoms with van der Waals surface area (Å²) in [5, 5.41) is 13.0. The molecule has 14 heteroatoms. The highest BCUT2D eigenvalue weighted by molar-refractivity contribution is 8.00. The quantitative estimate of drug-likeness (QED) is 0.359. The minimum absolute atomic E-state index is 0.00129. The second-order valence-corrected chi connectivity index (χ2v) is 9.85. The van der Waals surface area contributed by atoms with Crippen molar-refractivity contribution < 1.29 is 26.9 Å². The van der Waals surface area contributed by atoms with Crippen molar-refractivity contribution in [1.82, 2.24) is 25.7 Å². The Morgan fingerprint density at radius 3 is 2.82 bits per heavy atom. The average Bonchev–Trinajstić information content (AvgIpc) is 3.51. The fourth-order valence-electron chi connectivity index (χ4n) is 3.83. The Labute approximate surface area is 193 Å². The number of hydrogen-bond donors (Lipinski definition) is 3. The number of thioether (sulfide) groups is 1. The Bertz CT molecular complexity index is 1200. The zero-order valence-electron chi connectivity index (χ0n) is 17.1. The Hall–Kier alpha value is -2.58. The summed E-state index contributed by atoms with van der Waals surface area (Å²) in [4.78, 5) is 17.6. The van der Waals surface area contributed by atoms with E-state index >= 15 is 0 Å². The van der Waals surface area contributed by atoms with E-state index in [2.05, 4.69) is 26.1 Å². The number of halogens is 4. The summed E-state index contributed by atoms with van der Waals surface area (Å²) in [5.41, 5.74) is -4.00. The molecule has 2 aliphatic heterocycles. The SMILES string of the molecule is CN1C[C@@H](c2nc(-c3sc4c(N[C@@H]5CNC[C@@H]5F)cccc4c3SC(F)(F)F)no2)NC1=O. The van der Waals surface area contributed by atoms with Crippen LogP contribution in [0.15, 0.2) is 27.6 Å². The predicted octanol–water partition coefficient (Wildman–Crippen LogP) is 3.98. The van der Waals surface area contributed by atoms with Crippen LogP contribution in [0.1, 0.15) is 11.9 Å². The Morgan fingerprint density at radius 2 is 2.15 bits per heavy atom. The number of urea groups is 1. The van der Waals surface area contributed by atoms with Crippen LogP contribution < -0.4 is 16.0 Å². The molecule has 2 saturated heterocycles. The van der Waals surface area contributed by atoms with E-state index in [1.807, 2.05) is 0 Å². The van der Waals surface area contributed by atoms with Crippen molar-refractivity contribution in [2.45, 2.75) is 28.7 Å². The lowest BCUT2D eigenvalue weighted by molar-refractivity contribution is -0.0327. The highest BCUT2D eigenvalue weighted by Gasteiger charge is 2.36. The average molecular weight is 503 g/mol. The molecule has 5 rings (SSSR count). The number of aromatic nitrogens is 2. The van der Waals surface area contributed by atoms with Crippen molar-refractivity contribution in [1.29, 1.82) is 0 Å². The third-order valence-corrected chi connectivity index (χ3v) is 7.64. The number of amides is 2. The number of thiophene rings is 1. The molecule has 0 saturated carbocycles. The summed E-state index contributed by atoms with van der Waals surface area (Å²) < 4.78 is 60.2. The van der Waals surface area contributed by atoms with E-state index in [1.165, 1.54) is 4.90 Å². The van der Waals surface area contributed by atoms with Gasteiger partial charge >= 0.3 is 11.5 Å². The van der Waals surface area contributed by atoms with Crippen molar-refractivity contribution in [2.24, 2.45) is 0 Å². The maximum atomic E-state index is 14.1. The molecule has 2 amide bonds. The van der Waals surface area contributed by atoms with E-state index in [4.69, 9.17) is 4.52 Å². The molecule has 0 radical (unpaired) electrons. The first-order valence-corrected chi connectivity index (χ1v) is 11.6. The van der Waals surface area contributed by atoms with Crippen molar-refractivity contribution in [2.75, 3.05) is 32.0 Å². The minimum atomic E-state index is -4.54. The van der Waals surface area contributed by atoms with Gasteiger partial charge in [0, 0.05) is 30.4 Å². The van der Waals surface area contributed by atoms with Gasteiger partial charge in [-0.15, -0.1) is 11.3 Å². The van der Waals surface area contributed by atoms with Crippen LogP contribution in [0, 0.1) is 0 Å². The molecule has 8 nitrogen and oxygen atoms in total. The summed E-state index contributed by atoms with van der Waals surface area (Å²) in [6.07, 6.45) is -1.11. The molecule has 3 atom stereocenters. The van der Waals surface area contributed by atoms with Gasteiger partial charge in [-0.3, -0.25) is 0 Å². The van der Waals surface area contributed by atoms with E-state index in [0.717, 1.165) is 11.3 Å². The monoisotopic (exact) mass is 502 g/mol. The molecule has 0 spiro atoms. The van der Waals surface area contributed by atoms with Crippen molar-refractivity contribution in [3.8, 4) is 10.7 Å². The number of rotatable bonds is 5. The van der Waals surface area contributed by atoms with Gasteiger partial charge in [0.05, 0.1) is 27.9 Å². The molecular formula is C19H18F4N6O2S2. The lowest BCUT2D eigenvalue weighted by atomic mass is 10.2. The zero-order valence-corrected chi connectivity index (χ0v) is 18.7. The highest BCUT2D eigenvalue weighted by atomic mass is 32.2. The van der Waals surface area contributed by atoms with E-state index in [0.29, 0.717) is 28.9 Å². The van der Waals surface area contributed by atoms with E-state index in [9.17, 15) is 22.4 Å². The number of hydrogen-bond acceptors (Lipinski definition) is 8. The maximum Gasteiger partial charge on any atom is 0.446 e. The topological polar surface area (TPSA) is 95.3 Å². The summed E-state index contributed by atoms with van der Waals surface area (Å²) in [5.74, 6) is 0.109. The number of carbonyl (C=O) groups excluding carboxylic acids is 1. The molecule has 3 aromatic rings. The van der Waals surface area contributed by atoms with Gasteiger partial charge in [-0.05, 0) is 17.8 Å². The highest BCUT2D eigenvalue weighted by Crippen LogP contribution is 2.50. The Kier molecular flexibility index (Phi) is 5.61. The molecule has 0 aliphatic carbocycles. The molecule has 3 N–H and O–H groups in total. The van der Waals surface area contributed by atoms with Crippen LogP contribution in [0.3, 0.4) is 0 Å². The molecule has 2 aliphatic rings. The molecule has 176 valence electrons. The molecule has 2 fully saturated rings. The molecule has 0 bridgehead atoms. The van der Waals surface area contributed by atoms with Gasteiger partial charge in [-0.25, -0.2) is 9.18 Å². The van der Waals surface area contributed by atoms with Crippen LogP contribution in [0.5, 0.6) is 0 Å². The summed E-state index contributed by atoms with van der Waals surface area (Å²) >= 11 is 0.826. The number of anilines is 1. The lowest BCUT2D eigenvalue weighted by Crippen LogP contribution is -2.29. The van der Waals surface area contributed by atoms with Gasteiger partial charge in [-0.1, -0.05) is 17.3 Å². The molecular weight excluding hydrogens is 484 g/mol. The Morgan fingerprint density at radius 1 is 1.33 bits per heavy atom. The minimum Gasteiger partial charge on any atom is -0.377 e. The summed E-state index contributed by atoms with van der Waals surface area (Å²) in [6.45, 7) is 0.928. The molecule has 2 aromatic heterocycles. The van der Waals surface area contributed by atoms with Crippen LogP contribution in [0.2, 0.25) is 0 Å². The molecule has 0 unspecified atom stereocenters. The first-order chi connectivity index (χ1) is 15.7. The van der Waals surface area contributed by atoms with Crippen molar-refractivity contribution in [3.05, 3.63) is 24.1 Å². The van der Waals surface area contributed by atoms with Crippen molar-refractivity contribution >= 4 is 44.9 Å². The van der Waals surface area contributed by atoms with E-state index in [-0.39, 0.29) is 45.8 Å². The first kappa shape index (κ1) is 22.2. The number of benzene rings is 1. The van der Waals surface area contributed by atoms with Gasteiger partial charge in [0.25, 0.3) is 5.89 Å². The number of alkyl halides is 4. The first-order valence-electron chi connectivity index (χ1n) is 9.98. The predicted molar refractivity (Wildman–Crippen MR) is 116 cm³/mol. The number of nitrogens with one attached hydrogen (secondary N) is 3. The second-order valence-electron chi connectivity index (χ2n) is 7.75. The summed E-state index contributed by atoms with van der Waals surface area (Å²) in [6, 6.07) is 3.58. The van der Waals surface area contributed by atoms with Gasteiger partial charge in [0.2, 0.25) is 5.82 Å². The van der Waals surface area contributed by atoms with Crippen molar-refractivity contribution in [3.63, 3.8) is 0 Å².